The summed E-state index contributed by atoms with van der Waals surface area (Å²) >= 11 is 0. The molecular weight excluding hydrogens is 354 g/mol. The van der Waals surface area contributed by atoms with Gasteiger partial charge in [-0.15, -0.1) is 0 Å². The highest BCUT2D eigenvalue weighted by Crippen LogP contribution is 2.31. The van der Waals surface area contributed by atoms with Gasteiger partial charge in [0.25, 0.3) is 5.91 Å². The predicted molar refractivity (Wildman–Crippen MR) is 106 cm³/mol. The van der Waals surface area contributed by atoms with Crippen LogP contribution in [0.2, 0.25) is 0 Å². The summed E-state index contributed by atoms with van der Waals surface area (Å²) in [5, 5.41) is 9.52. The molecule has 2 aromatic carbocycles. The van der Waals surface area contributed by atoms with E-state index in [2.05, 4.69) is 0 Å². The van der Waals surface area contributed by atoms with Gasteiger partial charge in [-0.1, -0.05) is 36.4 Å². The van der Waals surface area contributed by atoms with Crippen LogP contribution in [-0.2, 0) is 4.74 Å². The molecule has 5 heteroatoms. The van der Waals surface area contributed by atoms with E-state index < -0.39 is 5.97 Å². The molecule has 1 amide bonds. The quantitative estimate of drug-likeness (QED) is 0.821. The Hall–Kier alpha value is -2.66. The Labute approximate surface area is 164 Å². The number of aromatic carboxylic acids is 1. The third-order valence-corrected chi connectivity index (χ3v) is 5.60. The minimum Gasteiger partial charge on any atom is -0.478 e. The van der Waals surface area contributed by atoms with Crippen LogP contribution in [0, 0.1) is 5.92 Å². The Morgan fingerprint density at radius 3 is 2.07 bits per heavy atom. The van der Waals surface area contributed by atoms with E-state index >= 15 is 0 Å². The highest BCUT2D eigenvalue weighted by atomic mass is 16.5. The summed E-state index contributed by atoms with van der Waals surface area (Å²) in [6.07, 6.45) is 4.52. The lowest BCUT2D eigenvalue weighted by atomic mass is 9.94. The normalized spacial score (nSPS) is 17.5. The van der Waals surface area contributed by atoms with Gasteiger partial charge in [0.1, 0.15) is 0 Å². The topological polar surface area (TPSA) is 66.8 Å². The van der Waals surface area contributed by atoms with E-state index in [1.54, 1.807) is 30.3 Å². The highest BCUT2D eigenvalue weighted by Gasteiger charge is 2.28. The first-order valence-corrected chi connectivity index (χ1v) is 9.96. The predicted octanol–water partition coefficient (Wildman–Crippen LogP) is 4.08. The first kappa shape index (κ1) is 18.7. The molecule has 2 aliphatic rings. The lowest BCUT2D eigenvalue weighted by Gasteiger charge is -2.32. The van der Waals surface area contributed by atoms with E-state index in [0.29, 0.717) is 29.8 Å². The number of carboxylic acids is 1. The maximum absolute atomic E-state index is 13.2. The van der Waals surface area contributed by atoms with E-state index in [1.807, 2.05) is 23.1 Å². The van der Waals surface area contributed by atoms with Crippen molar-refractivity contribution in [3.8, 4) is 11.1 Å². The zero-order chi connectivity index (χ0) is 19.5. The molecule has 0 aromatic heterocycles. The number of hydrogen-bond donors (Lipinski definition) is 1. The second-order valence-electron chi connectivity index (χ2n) is 7.66. The maximum Gasteiger partial charge on any atom is 0.336 e. The number of likely N-dealkylation sites (tertiary alicyclic amines) is 1. The van der Waals surface area contributed by atoms with Gasteiger partial charge >= 0.3 is 5.97 Å². The third-order valence-electron chi connectivity index (χ3n) is 5.60. The standard InChI is InChI=1S/C23H25NO4/c25-22(24-13-11-17(12-14-24)28-15-16-9-10-16)20-7-3-1-5-18(20)19-6-2-4-8-21(19)23(26)27/h1-8,16-17H,9-15H2,(H,26,27). The molecular formula is C23H25NO4. The van der Waals surface area contributed by atoms with Crippen LogP contribution in [-0.4, -0.2) is 47.7 Å². The number of carbonyl (C=O) groups excluding carboxylic acids is 1. The molecule has 146 valence electrons. The molecule has 1 N–H and O–H groups in total. The second-order valence-corrected chi connectivity index (χ2v) is 7.66. The molecule has 1 saturated carbocycles. The number of nitrogens with zero attached hydrogens (tertiary/aromatic N) is 1. The molecule has 0 radical (unpaired) electrons. The number of ether oxygens (including phenoxy) is 1. The number of benzene rings is 2. The Kier molecular flexibility index (Phi) is 5.44. The van der Waals surface area contributed by atoms with Crippen molar-refractivity contribution < 1.29 is 19.4 Å². The van der Waals surface area contributed by atoms with Gasteiger partial charge in [0.05, 0.1) is 11.7 Å². The van der Waals surface area contributed by atoms with E-state index in [9.17, 15) is 14.7 Å². The minimum absolute atomic E-state index is 0.0450. The van der Waals surface area contributed by atoms with Crippen LogP contribution in [0.5, 0.6) is 0 Å². The van der Waals surface area contributed by atoms with Gasteiger partial charge in [-0.2, -0.15) is 0 Å². The smallest absolute Gasteiger partial charge is 0.336 e. The van der Waals surface area contributed by atoms with Crippen LogP contribution in [0.25, 0.3) is 11.1 Å². The first-order valence-electron chi connectivity index (χ1n) is 9.96. The summed E-state index contributed by atoms with van der Waals surface area (Å²) in [5.41, 5.74) is 1.99. The average molecular weight is 379 g/mol. The Morgan fingerprint density at radius 1 is 0.893 bits per heavy atom. The van der Waals surface area contributed by atoms with Crippen LogP contribution in [0.3, 0.4) is 0 Å². The van der Waals surface area contributed by atoms with Crippen molar-refractivity contribution in [2.45, 2.75) is 31.8 Å². The Balaban J connectivity index is 1.51. The van der Waals surface area contributed by atoms with E-state index in [0.717, 1.165) is 25.4 Å². The largest absolute Gasteiger partial charge is 0.478 e. The Morgan fingerprint density at radius 2 is 1.46 bits per heavy atom. The van der Waals surface area contributed by atoms with Crippen molar-refractivity contribution >= 4 is 11.9 Å². The van der Waals surface area contributed by atoms with Crippen LogP contribution in [0.4, 0.5) is 0 Å². The molecule has 0 unspecified atom stereocenters. The molecule has 2 aromatic rings. The SMILES string of the molecule is O=C(O)c1ccccc1-c1ccccc1C(=O)N1CCC(OCC2CC2)CC1. The third kappa shape index (κ3) is 4.09. The van der Waals surface area contributed by atoms with Crippen LogP contribution in [0.15, 0.2) is 48.5 Å². The lowest BCUT2D eigenvalue weighted by molar-refractivity contribution is 0.00412. The van der Waals surface area contributed by atoms with Gasteiger partial charge < -0.3 is 14.7 Å². The van der Waals surface area contributed by atoms with Crippen molar-refractivity contribution in [1.82, 2.24) is 4.90 Å². The van der Waals surface area contributed by atoms with Gasteiger partial charge in [0.2, 0.25) is 0 Å². The summed E-state index contributed by atoms with van der Waals surface area (Å²) in [7, 11) is 0. The summed E-state index contributed by atoms with van der Waals surface area (Å²) in [5.74, 6) is -0.288. The van der Waals surface area contributed by atoms with Crippen molar-refractivity contribution in [1.29, 1.82) is 0 Å². The fraction of sp³-hybridized carbons (Fsp3) is 0.391. The van der Waals surface area contributed by atoms with E-state index in [1.165, 1.54) is 12.8 Å². The van der Waals surface area contributed by atoms with E-state index in [4.69, 9.17) is 4.74 Å². The zero-order valence-electron chi connectivity index (χ0n) is 15.8. The molecule has 28 heavy (non-hydrogen) atoms. The number of carbonyl (C=O) groups is 2. The summed E-state index contributed by atoms with van der Waals surface area (Å²) in [6, 6.07) is 14.1. The summed E-state index contributed by atoms with van der Waals surface area (Å²) < 4.78 is 5.97. The molecule has 0 atom stereocenters. The molecule has 5 nitrogen and oxygen atoms in total. The number of amides is 1. The zero-order valence-corrected chi connectivity index (χ0v) is 15.8. The fourth-order valence-corrected chi connectivity index (χ4v) is 3.76. The number of carboxylic acid groups (broad SMARTS) is 1. The molecule has 0 bridgehead atoms. The maximum atomic E-state index is 13.2. The van der Waals surface area contributed by atoms with Crippen LogP contribution < -0.4 is 0 Å². The molecule has 1 aliphatic carbocycles. The van der Waals surface area contributed by atoms with Gasteiger partial charge in [-0.3, -0.25) is 4.79 Å². The molecule has 1 heterocycles. The molecule has 2 fully saturated rings. The average Bonchev–Trinajstić information content (AvgIpc) is 3.57. The number of piperidine rings is 1. The molecule has 1 saturated heterocycles. The van der Waals surface area contributed by atoms with Crippen molar-refractivity contribution in [3.05, 3.63) is 59.7 Å². The first-order chi connectivity index (χ1) is 13.6. The van der Waals surface area contributed by atoms with Crippen LogP contribution in [0.1, 0.15) is 46.4 Å². The fourth-order valence-electron chi connectivity index (χ4n) is 3.76. The number of hydrogen-bond acceptors (Lipinski definition) is 3. The minimum atomic E-state index is -0.994. The van der Waals surface area contributed by atoms with E-state index in [-0.39, 0.29) is 17.6 Å². The Bertz CT molecular complexity index is 866. The molecule has 1 aliphatic heterocycles. The lowest BCUT2D eigenvalue weighted by Crippen LogP contribution is -2.41. The van der Waals surface area contributed by atoms with Gasteiger partial charge in [0.15, 0.2) is 0 Å². The molecule has 4 rings (SSSR count). The monoisotopic (exact) mass is 379 g/mol. The van der Waals surface area contributed by atoms with Crippen molar-refractivity contribution in [3.63, 3.8) is 0 Å². The van der Waals surface area contributed by atoms with Crippen molar-refractivity contribution in [2.75, 3.05) is 19.7 Å². The summed E-state index contributed by atoms with van der Waals surface area (Å²) in [6.45, 7) is 2.19. The second kappa shape index (κ2) is 8.15. The van der Waals surface area contributed by atoms with Crippen LogP contribution >= 0.6 is 0 Å². The van der Waals surface area contributed by atoms with Gasteiger partial charge in [-0.25, -0.2) is 4.79 Å². The number of rotatable bonds is 6. The highest BCUT2D eigenvalue weighted by molar-refractivity contribution is 6.04. The van der Waals surface area contributed by atoms with Gasteiger partial charge in [-0.05, 0) is 54.9 Å². The molecule has 0 spiro atoms. The van der Waals surface area contributed by atoms with Crippen molar-refractivity contribution in [2.24, 2.45) is 5.92 Å². The van der Waals surface area contributed by atoms with Gasteiger partial charge in [0, 0.05) is 25.3 Å². The summed E-state index contributed by atoms with van der Waals surface area (Å²) in [4.78, 5) is 26.7.